The van der Waals surface area contributed by atoms with Gasteiger partial charge in [-0.1, -0.05) is 30.3 Å². The lowest BCUT2D eigenvalue weighted by molar-refractivity contribution is -0.917. The Bertz CT molecular complexity index is 840. The predicted molar refractivity (Wildman–Crippen MR) is 104 cm³/mol. The average Bonchev–Trinajstić information content (AvgIpc) is 3.16. The van der Waals surface area contributed by atoms with Crippen LogP contribution >= 0.6 is 0 Å². The number of benzene rings is 2. The molecule has 5 heteroatoms. The molecule has 0 saturated carbocycles. The summed E-state index contributed by atoms with van der Waals surface area (Å²) >= 11 is 0. The zero-order chi connectivity index (χ0) is 18.6. The van der Waals surface area contributed by atoms with E-state index in [0.717, 1.165) is 55.4 Å². The molecule has 5 nitrogen and oxygen atoms in total. The summed E-state index contributed by atoms with van der Waals surface area (Å²) in [6.45, 7) is 6.65. The van der Waals surface area contributed by atoms with Crippen LogP contribution in [0, 0.1) is 0 Å². The lowest BCUT2D eigenvalue weighted by atomic mass is 10.1. The number of piperazine rings is 1. The standard InChI is InChI=1S/C22H24N2O3/c1-17(13-18-5-3-2-4-6-18)22(25)24-11-9-23(10-12-24)15-19-7-8-20-21(14-19)27-16-26-20/h2-8,13-14H,9-12,15-16H2,1H3/p+1/b17-13+. The second kappa shape index (κ2) is 7.84. The first kappa shape index (κ1) is 17.6. The molecule has 1 saturated heterocycles. The first-order chi connectivity index (χ1) is 13.2. The molecule has 1 N–H and O–H groups in total. The van der Waals surface area contributed by atoms with E-state index in [2.05, 4.69) is 12.1 Å². The zero-order valence-electron chi connectivity index (χ0n) is 15.6. The summed E-state index contributed by atoms with van der Waals surface area (Å²) in [5, 5.41) is 0. The summed E-state index contributed by atoms with van der Waals surface area (Å²) in [7, 11) is 0. The minimum atomic E-state index is 0.140. The number of nitrogens with one attached hydrogen (secondary N) is 1. The van der Waals surface area contributed by atoms with Gasteiger partial charge in [0.05, 0.1) is 26.2 Å². The van der Waals surface area contributed by atoms with Crippen molar-refractivity contribution in [1.29, 1.82) is 0 Å². The van der Waals surface area contributed by atoms with E-state index < -0.39 is 0 Å². The van der Waals surface area contributed by atoms with Crippen LogP contribution < -0.4 is 14.4 Å². The normalized spacial score (nSPS) is 17.2. The van der Waals surface area contributed by atoms with Crippen molar-refractivity contribution in [3.05, 3.63) is 65.2 Å². The van der Waals surface area contributed by atoms with Gasteiger partial charge in [-0.05, 0) is 36.8 Å². The van der Waals surface area contributed by atoms with Crippen molar-refractivity contribution in [1.82, 2.24) is 4.90 Å². The first-order valence-corrected chi connectivity index (χ1v) is 9.44. The molecule has 2 aromatic carbocycles. The molecule has 2 heterocycles. The Kier molecular flexibility index (Phi) is 5.12. The lowest BCUT2D eigenvalue weighted by Gasteiger charge is -2.32. The molecule has 1 amide bonds. The predicted octanol–water partition coefficient (Wildman–Crippen LogP) is 1.75. The van der Waals surface area contributed by atoms with Gasteiger partial charge in [-0.15, -0.1) is 0 Å². The third kappa shape index (κ3) is 4.14. The third-order valence-corrected chi connectivity index (χ3v) is 5.17. The van der Waals surface area contributed by atoms with Gasteiger partial charge in [0.1, 0.15) is 6.54 Å². The Morgan fingerprint density at radius 3 is 2.59 bits per heavy atom. The van der Waals surface area contributed by atoms with E-state index in [1.807, 2.05) is 54.3 Å². The Morgan fingerprint density at radius 1 is 1.07 bits per heavy atom. The van der Waals surface area contributed by atoms with E-state index in [1.54, 1.807) is 0 Å². The van der Waals surface area contributed by atoms with E-state index in [0.29, 0.717) is 6.79 Å². The topological polar surface area (TPSA) is 43.2 Å². The molecule has 0 unspecified atom stereocenters. The highest BCUT2D eigenvalue weighted by molar-refractivity contribution is 5.97. The fraction of sp³-hybridized carbons (Fsp3) is 0.318. The van der Waals surface area contributed by atoms with Crippen molar-refractivity contribution in [3.8, 4) is 11.5 Å². The molecule has 0 radical (unpaired) electrons. The number of rotatable bonds is 4. The second-order valence-electron chi connectivity index (χ2n) is 7.14. The molecular weight excluding hydrogens is 340 g/mol. The van der Waals surface area contributed by atoms with Crippen molar-refractivity contribution in [2.45, 2.75) is 13.5 Å². The number of carbonyl (C=O) groups excluding carboxylic acids is 1. The number of ether oxygens (including phenoxy) is 2. The third-order valence-electron chi connectivity index (χ3n) is 5.17. The summed E-state index contributed by atoms with van der Waals surface area (Å²) < 4.78 is 10.8. The fourth-order valence-corrected chi connectivity index (χ4v) is 3.65. The van der Waals surface area contributed by atoms with Crippen LogP contribution in [0.4, 0.5) is 0 Å². The fourth-order valence-electron chi connectivity index (χ4n) is 3.65. The van der Waals surface area contributed by atoms with Gasteiger partial charge in [-0.25, -0.2) is 0 Å². The average molecular weight is 365 g/mol. The van der Waals surface area contributed by atoms with Crippen molar-refractivity contribution in [2.75, 3.05) is 33.0 Å². The molecule has 1 fully saturated rings. The second-order valence-corrected chi connectivity index (χ2v) is 7.14. The Morgan fingerprint density at radius 2 is 1.81 bits per heavy atom. The van der Waals surface area contributed by atoms with E-state index in [9.17, 15) is 4.79 Å². The van der Waals surface area contributed by atoms with Gasteiger partial charge in [0.25, 0.3) is 0 Å². The summed E-state index contributed by atoms with van der Waals surface area (Å²) in [4.78, 5) is 16.2. The SMILES string of the molecule is C/C(=C\c1ccccc1)C(=O)N1CC[NH+](Cc2ccc3c(c2)OCO3)CC1. The van der Waals surface area contributed by atoms with Crippen LogP contribution in [0.15, 0.2) is 54.1 Å². The number of quaternary nitrogens is 1. The van der Waals surface area contributed by atoms with Gasteiger partial charge in [-0.3, -0.25) is 4.79 Å². The molecule has 2 aliphatic rings. The summed E-state index contributed by atoms with van der Waals surface area (Å²) in [6, 6.07) is 16.1. The quantitative estimate of drug-likeness (QED) is 0.840. The molecular formula is C22H25N2O3+. The van der Waals surface area contributed by atoms with E-state index >= 15 is 0 Å². The van der Waals surface area contributed by atoms with Crippen LogP contribution in [-0.2, 0) is 11.3 Å². The van der Waals surface area contributed by atoms with Crippen LogP contribution in [0.25, 0.3) is 6.08 Å². The smallest absolute Gasteiger partial charge is 0.249 e. The van der Waals surface area contributed by atoms with Gasteiger partial charge in [0.2, 0.25) is 12.7 Å². The van der Waals surface area contributed by atoms with Gasteiger partial charge < -0.3 is 19.3 Å². The molecule has 27 heavy (non-hydrogen) atoms. The maximum Gasteiger partial charge on any atom is 0.249 e. The van der Waals surface area contributed by atoms with E-state index in [-0.39, 0.29) is 5.91 Å². The summed E-state index contributed by atoms with van der Waals surface area (Å²) in [6.07, 6.45) is 1.97. The summed E-state index contributed by atoms with van der Waals surface area (Å²) in [5.41, 5.74) is 3.10. The Balaban J connectivity index is 1.32. The van der Waals surface area contributed by atoms with Crippen molar-refractivity contribution in [2.24, 2.45) is 0 Å². The van der Waals surface area contributed by atoms with Crippen molar-refractivity contribution in [3.63, 3.8) is 0 Å². The minimum Gasteiger partial charge on any atom is -0.454 e. The number of hydrogen-bond acceptors (Lipinski definition) is 3. The maximum absolute atomic E-state index is 12.7. The number of amides is 1. The molecule has 2 aromatic rings. The first-order valence-electron chi connectivity index (χ1n) is 9.44. The Hall–Kier alpha value is -2.79. The van der Waals surface area contributed by atoms with Crippen LogP contribution in [0.3, 0.4) is 0 Å². The summed E-state index contributed by atoms with van der Waals surface area (Å²) in [5.74, 6) is 1.80. The largest absolute Gasteiger partial charge is 0.454 e. The van der Waals surface area contributed by atoms with Gasteiger partial charge in [-0.2, -0.15) is 0 Å². The van der Waals surface area contributed by atoms with E-state index in [4.69, 9.17) is 9.47 Å². The molecule has 4 rings (SSSR count). The van der Waals surface area contributed by atoms with Crippen LogP contribution in [0.5, 0.6) is 11.5 Å². The number of fused-ring (bicyclic) bond motifs is 1. The van der Waals surface area contributed by atoms with Crippen LogP contribution in [0.2, 0.25) is 0 Å². The number of carbonyl (C=O) groups is 1. The van der Waals surface area contributed by atoms with Crippen LogP contribution in [0.1, 0.15) is 18.1 Å². The van der Waals surface area contributed by atoms with Crippen molar-refractivity contribution < 1.29 is 19.2 Å². The molecule has 2 aliphatic heterocycles. The minimum absolute atomic E-state index is 0.140. The van der Waals surface area contributed by atoms with Crippen LogP contribution in [-0.4, -0.2) is 43.8 Å². The number of hydrogen-bond donors (Lipinski definition) is 1. The van der Waals surface area contributed by atoms with Crippen molar-refractivity contribution >= 4 is 12.0 Å². The molecule has 0 aliphatic carbocycles. The molecule has 0 atom stereocenters. The maximum atomic E-state index is 12.7. The number of nitrogens with zero attached hydrogens (tertiary/aromatic N) is 1. The van der Waals surface area contributed by atoms with E-state index in [1.165, 1.54) is 10.5 Å². The van der Waals surface area contributed by atoms with Gasteiger partial charge in [0.15, 0.2) is 11.5 Å². The molecule has 0 spiro atoms. The molecule has 140 valence electrons. The molecule has 0 aromatic heterocycles. The van der Waals surface area contributed by atoms with Gasteiger partial charge >= 0.3 is 0 Å². The highest BCUT2D eigenvalue weighted by Crippen LogP contribution is 2.32. The lowest BCUT2D eigenvalue weighted by Crippen LogP contribution is -3.13. The zero-order valence-corrected chi connectivity index (χ0v) is 15.6. The Labute approximate surface area is 159 Å². The van der Waals surface area contributed by atoms with Gasteiger partial charge in [0, 0.05) is 11.1 Å². The monoisotopic (exact) mass is 365 g/mol. The molecule has 0 bridgehead atoms. The highest BCUT2D eigenvalue weighted by Gasteiger charge is 2.25. The highest BCUT2D eigenvalue weighted by atomic mass is 16.7.